The quantitative estimate of drug-likeness (QED) is 0.416. The summed E-state index contributed by atoms with van der Waals surface area (Å²) in [7, 11) is 0. The lowest BCUT2D eigenvalue weighted by Crippen LogP contribution is -2.49. The van der Waals surface area contributed by atoms with Gasteiger partial charge in [0.1, 0.15) is 6.04 Å². The molecule has 0 radical (unpaired) electrons. The standard InChI is InChI=1S/C20H22Cl2N4O4/c1-10(2)11-4-3-5-12(8-11)25-14-7-6-13(21)16(17(14)22)18(27)26-15(19(28)29)9-24-20(23)30/h3-8,10,15,25H,9H2,1-2H3,(H,26,27)(H,28,29)(H3,23,24,30)/t15-/m0/s1. The van der Waals surface area contributed by atoms with Crippen molar-refractivity contribution in [1.82, 2.24) is 10.6 Å². The Morgan fingerprint density at radius 1 is 1.13 bits per heavy atom. The monoisotopic (exact) mass is 452 g/mol. The first kappa shape index (κ1) is 23.3. The Kier molecular flexibility index (Phi) is 7.91. The van der Waals surface area contributed by atoms with Crippen molar-refractivity contribution in [1.29, 1.82) is 0 Å². The number of amides is 3. The maximum absolute atomic E-state index is 12.7. The topological polar surface area (TPSA) is 134 Å². The number of aliphatic carboxylic acids is 1. The number of hydrogen-bond acceptors (Lipinski definition) is 4. The van der Waals surface area contributed by atoms with Crippen LogP contribution in [0.25, 0.3) is 0 Å². The van der Waals surface area contributed by atoms with Gasteiger partial charge in [0.15, 0.2) is 0 Å². The van der Waals surface area contributed by atoms with Gasteiger partial charge in [0.2, 0.25) is 0 Å². The molecule has 3 amide bonds. The van der Waals surface area contributed by atoms with Crippen molar-refractivity contribution < 1.29 is 19.5 Å². The molecule has 160 valence electrons. The summed E-state index contributed by atoms with van der Waals surface area (Å²) in [6.07, 6.45) is 0. The third-order valence-electron chi connectivity index (χ3n) is 4.23. The van der Waals surface area contributed by atoms with E-state index in [1.165, 1.54) is 6.07 Å². The third-order valence-corrected chi connectivity index (χ3v) is 4.94. The van der Waals surface area contributed by atoms with E-state index in [0.717, 1.165) is 11.3 Å². The van der Waals surface area contributed by atoms with Crippen LogP contribution in [0, 0.1) is 0 Å². The van der Waals surface area contributed by atoms with Crippen LogP contribution in [-0.4, -0.2) is 35.6 Å². The molecule has 30 heavy (non-hydrogen) atoms. The number of carbonyl (C=O) groups is 3. The Balaban J connectivity index is 2.28. The summed E-state index contributed by atoms with van der Waals surface area (Å²) in [5.41, 5.74) is 7.17. The predicted octanol–water partition coefficient (Wildman–Crippen LogP) is 3.71. The molecule has 2 rings (SSSR count). The largest absolute Gasteiger partial charge is 0.480 e. The summed E-state index contributed by atoms with van der Waals surface area (Å²) >= 11 is 12.6. The molecule has 0 aromatic heterocycles. The Morgan fingerprint density at radius 2 is 1.83 bits per heavy atom. The number of carboxylic acids is 1. The van der Waals surface area contributed by atoms with E-state index in [2.05, 4.69) is 29.8 Å². The van der Waals surface area contributed by atoms with Crippen molar-refractivity contribution in [2.45, 2.75) is 25.8 Å². The number of hydrogen-bond donors (Lipinski definition) is 5. The molecule has 0 heterocycles. The highest BCUT2D eigenvalue weighted by Gasteiger charge is 2.25. The molecule has 0 aliphatic rings. The Bertz CT molecular complexity index is 966. The molecule has 2 aromatic carbocycles. The first-order chi connectivity index (χ1) is 14.1. The Hall–Kier alpha value is -2.97. The summed E-state index contributed by atoms with van der Waals surface area (Å²) in [4.78, 5) is 34.9. The minimum absolute atomic E-state index is 0.0296. The van der Waals surface area contributed by atoms with Gasteiger partial charge < -0.3 is 26.8 Å². The number of benzene rings is 2. The molecule has 0 unspecified atom stereocenters. The molecular weight excluding hydrogens is 431 g/mol. The van der Waals surface area contributed by atoms with Crippen molar-refractivity contribution in [3.8, 4) is 0 Å². The van der Waals surface area contributed by atoms with E-state index in [9.17, 15) is 19.5 Å². The molecule has 8 nitrogen and oxygen atoms in total. The van der Waals surface area contributed by atoms with E-state index in [1.807, 2.05) is 24.3 Å². The Morgan fingerprint density at radius 3 is 2.43 bits per heavy atom. The van der Waals surface area contributed by atoms with Gasteiger partial charge in [-0.3, -0.25) is 4.79 Å². The summed E-state index contributed by atoms with van der Waals surface area (Å²) in [5.74, 6) is -1.83. The van der Waals surface area contributed by atoms with E-state index < -0.39 is 30.5 Å². The molecule has 0 fully saturated rings. The minimum atomic E-state index is -1.42. The fourth-order valence-corrected chi connectivity index (χ4v) is 3.21. The average Bonchev–Trinajstić information content (AvgIpc) is 2.67. The van der Waals surface area contributed by atoms with Gasteiger partial charge in [0.05, 0.1) is 27.8 Å². The average molecular weight is 453 g/mol. The lowest BCUT2D eigenvalue weighted by atomic mass is 10.0. The molecule has 10 heteroatoms. The summed E-state index contributed by atoms with van der Waals surface area (Å²) in [6.45, 7) is 3.75. The second kappa shape index (κ2) is 10.2. The maximum atomic E-state index is 12.7. The number of carbonyl (C=O) groups excluding carboxylic acids is 2. The molecule has 0 bridgehead atoms. The molecule has 0 aliphatic carbocycles. The first-order valence-electron chi connectivity index (χ1n) is 9.02. The van der Waals surface area contributed by atoms with Crippen molar-refractivity contribution in [2.24, 2.45) is 5.73 Å². The molecule has 0 saturated carbocycles. The second-order valence-electron chi connectivity index (χ2n) is 6.80. The van der Waals surface area contributed by atoms with Crippen LogP contribution in [0.1, 0.15) is 35.7 Å². The fourth-order valence-electron chi connectivity index (χ4n) is 2.62. The number of anilines is 2. The maximum Gasteiger partial charge on any atom is 0.328 e. The number of urea groups is 1. The van der Waals surface area contributed by atoms with Gasteiger partial charge in [-0.1, -0.05) is 49.2 Å². The van der Waals surface area contributed by atoms with Crippen LogP contribution < -0.4 is 21.7 Å². The molecular formula is C20H22Cl2N4O4. The molecule has 2 aromatic rings. The van der Waals surface area contributed by atoms with E-state index >= 15 is 0 Å². The zero-order chi connectivity index (χ0) is 22.4. The van der Waals surface area contributed by atoms with Crippen molar-refractivity contribution in [3.63, 3.8) is 0 Å². The van der Waals surface area contributed by atoms with Gasteiger partial charge in [-0.2, -0.15) is 0 Å². The van der Waals surface area contributed by atoms with Crippen LogP contribution in [0.5, 0.6) is 0 Å². The highest BCUT2D eigenvalue weighted by atomic mass is 35.5. The van der Waals surface area contributed by atoms with Crippen molar-refractivity contribution in [2.75, 3.05) is 11.9 Å². The first-order valence-corrected chi connectivity index (χ1v) is 9.77. The van der Waals surface area contributed by atoms with Crippen LogP contribution >= 0.6 is 23.2 Å². The number of nitrogens with one attached hydrogen (secondary N) is 3. The Labute approximate surface area is 183 Å². The zero-order valence-electron chi connectivity index (χ0n) is 16.3. The smallest absolute Gasteiger partial charge is 0.328 e. The fraction of sp³-hybridized carbons (Fsp3) is 0.250. The number of carboxylic acid groups (broad SMARTS) is 1. The second-order valence-corrected chi connectivity index (χ2v) is 7.58. The van der Waals surface area contributed by atoms with Crippen LogP contribution in [0.4, 0.5) is 16.2 Å². The summed E-state index contributed by atoms with van der Waals surface area (Å²) < 4.78 is 0. The normalized spacial score (nSPS) is 11.6. The van der Waals surface area contributed by atoms with Crippen LogP contribution in [0.15, 0.2) is 36.4 Å². The molecule has 0 saturated heterocycles. The molecule has 0 spiro atoms. The lowest BCUT2D eigenvalue weighted by molar-refractivity contribution is -0.139. The van der Waals surface area contributed by atoms with Crippen molar-refractivity contribution in [3.05, 3.63) is 57.6 Å². The van der Waals surface area contributed by atoms with Gasteiger partial charge >= 0.3 is 12.0 Å². The van der Waals surface area contributed by atoms with Gasteiger partial charge in [-0.05, 0) is 35.7 Å². The van der Waals surface area contributed by atoms with E-state index in [-0.39, 0.29) is 15.6 Å². The number of primary amides is 1. The highest BCUT2D eigenvalue weighted by molar-refractivity contribution is 6.41. The molecule has 0 aliphatic heterocycles. The lowest BCUT2D eigenvalue weighted by Gasteiger charge is -2.17. The molecule has 6 N–H and O–H groups in total. The third kappa shape index (κ3) is 6.01. The number of rotatable bonds is 8. The van der Waals surface area contributed by atoms with Crippen LogP contribution in [-0.2, 0) is 4.79 Å². The van der Waals surface area contributed by atoms with Gasteiger partial charge in [-0.25, -0.2) is 9.59 Å². The van der Waals surface area contributed by atoms with Crippen LogP contribution in [0.2, 0.25) is 10.0 Å². The van der Waals surface area contributed by atoms with Gasteiger partial charge in [0, 0.05) is 5.69 Å². The number of nitrogens with two attached hydrogens (primary N) is 1. The van der Waals surface area contributed by atoms with E-state index in [4.69, 9.17) is 28.9 Å². The highest BCUT2D eigenvalue weighted by Crippen LogP contribution is 2.34. The van der Waals surface area contributed by atoms with Gasteiger partial charge in [0.25, 0.3) is 5.91 Å². The van der Waals surface area contributed by atoms with Gasteiger partial charge in [-0.15, -0.1) is 0 Å². The van der Waals surface area contributed by atoms with E-state index in [1.54, 1.807) is 6.07 Å². The van der Waals surface area contributed by atoms with E-state index in [0.29, 0.717) is 11.6 Å². The summed E-state index contributed by atoms with van der Waals surface area (Å²) in [6, 6.07) is 8.49. The predicted molar refractivity (Wildman–Crippen MR) is 117 cm³/mol. The zero-order valence-corrected chi connectivity index (χ0v) is 17.8. The summed E-state index contributed by atoms with van der Waals surface area (Å²) in [5, 5.41) is 16.9. The minimum Gasteiger partial charge on any atom is -0.480 e. The molecule has 1 atom stereocenters. The SMILES string of the molecule is CC(C)c1cccc(Nc2ccc(Cl)c(C(=O)N[C@@H](CNC(N)=O)C(=O)O)c2Cl)c1. The van der Waals surface area contributed by atoms with Crippen molar-refractivity contribution >= 4 is 52.5 Å². The number of halogens is 2. The van der Waals surface area contributed by atoms with Crippen LogP contribution in [0.3, 0.4) is 0 Å².